The summed E-state index contributed by atoms with van der Waals surface area (Å²) in [6.07, 6.45) is 0.522. The molecule has 0 aromatic carbocycles. The number of halogens is 1. The van der Waals surface area contributed by atoms with Crippen LogP contribution in [0.15, 0.2) is 35.0 Å². The van der Waals surface area contributed by atoms with E-state index < -0.39 is 6.10 Å². The van der Waals surface area contributed by atoms with Crippen LogP contribution in [0.3, 0.4) is 0 Å². The van der Waals surface area contributed by atoms with Crippen LogP contribution < -0.4 is 0 Å². The molecule has 0 saturated carbocycles. The first-order chi connectivity index (χ1) is 6.16. The highest BCUT2D eigenvalue weighted by molar-refractivity contribution is 9.10. The first-order valence-corrected chi connectivity index (χ1v) is 4.33. The van der Waals surface area contributed by atoms with Crippen molar-refractivity contribution in [2.75, 3.05) is 0 Å². The van der Waals surface area contributed by atoms with Crippen molar-refractivity contribution >= 4 is 15.9 Å². The molecule has 1 aromatic rings. The summed E-state index contributed by atoms with van der Waals surface area (Å²) < 4.78 is 0.666. The fraction of sp³-hybridized carbons (Fsp3) is 0.111. The minimum atomic E-state index is -1.03. The lowest BCUT2D eigenvalue weighted by Crippen LogP contribution is -2.02. The monoisotopic (exact) mass is 238 g/mol. The molecular formula is C9H7BrN2O. The van der Waals surface area contributed by atoms with Crippen LogP contribution in [0.4, 0.5) is 0 Å². The lowest BCUT2D eigenvalue weighted by Gasteiger charge is -2.08. The highest BCUT2D eigenvalue weighted by Crippen LogP contribution is 2.24. The summed E-state index contributed by atoms with van der Waals surface area (Å²) in [5.41, 5.74) is 0.494. The van der Waals surface area contributed by atoms with Crippen molar-refractivity contribution in [3.8, 4) is 6.07 Å². The molecular weight excluding hydrogens is 232 g/mol. The van der Waals surface area contributed by atoms with E-state index in [2.05, 4.69) is 27.5 Å². The van der Waals surface area contributed by atoms with Crippen LogP contribution in [0, 0.1) is 11.3 Å². The molecule has 13 heavy (non-hydrogen) atoms. The Morgan fingerprint density at radius 3 is 3.00 bits per heavy atom. The molecule has 0 fully saturated rings. The third-order valence-electron chi connectivity index (χ3n) is 1.52. The number of aromatic nitrogens is 1. The van der Waals surface area contributed by atoms with E-state index in [-0.39, 0.29) is 5.57 Å². The fourth-order valence-electron chi connectivity index (χ4n) is 0.825. The highest BCUT2D eigenvalue weighted by atomic mass is 79.9. The quantitative estimate of drug-likeness (QED) is 0.802. The summed E-state index contributed by atoms with van der Waals surface area (Å²) in [7, 11) is 0. The zero-order chi connectivity index (χ0) is 9.84. The summed E-state index contributed by atoms with van der Waals surface area (Å²) >= 11 is 3.22. The second kappa shape index (κ2) is 4.17. The van der Waals surface area contributed by atoms with E-state index in [0.29, 0.717) is 10.2 Å². The van der Waals surface area contributed by atoms with Gasteiger partial charge in [0.05, 0.1) is 17.3 Å². The maximum atomic E-state index is 9.56. The molecule has 0 aliphatic heterocycles. The van der Waals surface area contributed by atoms with E-state index in [1.165, 1.54) is 0 Å². The van der Waals surface area contributed by atoms with Gasteiger partial charge in [0.15, 0.2) is 0 Å². The van der Waals surface area contributed by atoms with E-state index in [0.717, 1.165) is 0 Å². The summed E-state index contributed by atoms with van der Waals surface area (Å²) in [5, 5.41) is 18.1. The number of pyridine rings is 1. The van der Waals surface area contributed by atoms with Crippen molar-refractivity contribution in [1.29, 1.82) is 5.26 Å². The Bertz CT molecular complexity index is 370. The Kier molecular flexibility index (Phi) is 3.18. The molecule has 66 valence electrons. The zero-order valence-corrected chi connectivity index (χ0v) is 8.32. The number of hydrogen-bond acceptors (Lipinski definition) is 3. The van der Waals surface area contributed by atoms with Crippen LogP contribution in [0.1, 0.15) is 11.8 Å². The van der Waals surface area contributed by atoms with Gasteiger partial charge in [0.25, 0.3) is 0 Å². The lowest BCUT2D eigenvalue weighted by molar-refractivity contribution is 0.215. The molecule has 1 atom stereocenters. The van der Waals surface area contributed by atoms with Crippen LogP contribution in [0.2, 0.25) is 0 Å². The standard InChI is InChI=1S/C9H7BrN2O/c1-6(5-11)9(13)8-7(10)3-2-4-12-8/h2-4,9,13H,1H2. The number of nitriles is 1. The summed E-state index contributed by atoms with van der Waals surface area (Å²) in [5.74, 6) is 0. The molecule has 1 unspecified atom stereocenters. The number of aliphatic hydroxyl groups is 1. The summed E-state index contributed by atoms with van der Waals surface area (Å²) in [4.78, 5) is 3.94. The Morgan fingerprint density at radius 1 is 1.77 bits per heavy atom. The maximum absolute atomic E-state index is 9.56. The third kappa shape index (κ3) is 2.14. The highest BCUT2D eigenvalue weighted by Gasteiger charge is 2.15. The number of hydrogen-bond donors (Lipinski definition) is 1. The van der Waals surface area contributed by atoms with Crippen LogP contribution in [0.5, 0.6) is 0 Å². The Hall–Kier alpha value is -1.18. The molecule has 1 rings (SSSR count). The Morgan fingerprint density at radius 2 is 2.46 bits per heavy atom. The first-order valence-electron chi connectivity index (χ1n) is 3.54. The molecule has 1 aromatic heterocycles. The van der Waals surface area contributed by atoms with Crippen LogP contribution in [0.25, 0.3) is 0 Å². The second-order valence-corrected chi connectivity index (χ2v) is 3.26. The van der Waals surface area contributed by atoms with Gasteiger partial charge >= 0.3 is 0 Å². The van der Waals surface area contributed by atoms with Gasteiger partial charge in [0.1, 0.15) is 6.10 Å². The normalized spacial score (nSPS) is 11.8. The first kappa shape index (κ1) is 9.90. The van der Waals surface area contributed by atoms with E-state index in [1.807, 2.05) is 0 Å². The largest absolute Gasteiger partial charge is 0.381 e. The Labute approximate surface area is 84.5 Å². The topological polar surface area (TPSA) is 56.9 Å². The van der Waals surface area contributed by atoms with Crippen molar-refractivity contribution in [3.05, 3.63) is 40.6 Å². The van der Waals surface area contributed by atoms with Crippen LogP contribution in [-0.4, -0.2) is 10.1 Å². The summed E-state index contributed by atoms with van der Waals surface area (Å²) in [6.45, 7) is 3.42. The lowest BCUT2D eigenvalue weighted by atomic mass is 10.1. The number of rotatable bonds is 2. The van der Waals surface area contributed by atoms with E-state index in [1.54, 1.807) is 24.4 Å². The summed E-state index contributed by atoms with van der Waals surface area (Å²) in [6, 6.07) is 5.26. The van der Waals surface area contributed by atoms with E-state index in [4.69, 9.17) is 5.26 Å². The Balaban J connectivity index is 3.03. The minimum absolute atomic E-state index is 0.0828. The van der Waals surface area contributed by atoms with E-state index in [9.17, 15) is 5.11 Å². The van der Waals surface area contributed by atoms with Gasteiger partial charge < -0.3 is 5.11 Å². The van der Waals surface area contributed by atoms with Gasteiger partial charge in [-0.3, -0.25) is 4.98 Å². The number of nitrogens with zero attached hydrogens (tertiary/aromatic N) is 2. The second-order valence-electron chi connectivity index (χ2n) is 2.41. The predicted molar refractivity (Wildman–Crippen MR) is 51.6 cm³/mol. The van der Waals surface area contributed by atoms with Crippen molar-refractivity contribution in [1.82, 2.24) is 4.98 Å². The van der Waals surface area contributed by atoms with Crippen LogP contribution >= 0.6 is 15.9 Å². The van der Waals surface area contributed by atoms with Gasteiger partial charge in [-0.25, -0.2) is 0 Å². The molecule has 0 saturated heterocycles. The van der Waals surface area contributed by atoms with Crippen LogP contribution in [-0.2, 0) is 0 Å². The van der Waals surface area contributed by atoms with Crippen molar-refractivity contribution in [2.45, 2.75) is 6.10 Å². The smallest absolute Gasteiger partial charge is 0.131 e. The molecule has 4 heteroatoms. The maximum Gasteiger partial charge on any atom is 0.131 e. The minimum Gasteiger partial charge on any atom is -0.381 e. The van der Waals surface area contributed by atoms with Gasteiger partial charge in [-0.05, 0) is 28.1 Å². The third-order valence-corrected chi connectivity index (χ3v) is 2.19. The van der Waals surface area contributed by atoms with Crippen molar-refractivity contribution in [3.63, 3.8) is 0 Å². The molecule has 0 radical (unpaired) electrons. The average molecular weight is 239 g/mol. The zero-order valence-electron chi connectivity index (χ0n) is 6.74. The molecule has 0 amide bonds. The average Bonchev–Trinajstić information content (AvgIpc) is 2.16. The molecule has 0 aliphatic rings. The van der Waals surface area contributed by atoms with Crippen molar-refractivity contribution in [2.24, 2.45) is 0 Å². The van der Waals surface area contributed by atoms with Crippen molar-refractivity contribution < 1.29 is 5.11 Å². The predicted octanol–water partition coefficient (Wildman–Crippen LogP) is 1.96. The van der Waals surface area contributed by atoms with Gasteiger partial charge in [-0.2, -0.15) is 5.26 Å². The molecule has 0 spiro atoms. The molecule has 3 nitrogen and oxygen atoms in total. The molecule has 0 bridgehead atoms. The van der Waals surface area contributed by atoms with Gasteiger partial charge in [-0.1, -0.05) is 6.58 Å². The van der Waals surface area contributed by atoms with Gasteiger partial charge in [0.2, 0.25) is 0 Å². The van der Waals surface area contributed by atoms with E-state index >= 15 is 0 Å². The molecule has 0 aliphatic carbocycles. The SMILES string of the molecule is C=C(C#N)C(O)c1ncccc1Br. The molecule has 1 N–H and O–H groups in total. The van der Waals surface area contributed by atoms with Gasteiger partial charge in [0, 0.05) is 10.7 Å². The number of aliphatic hydroxyl groups excluding tert-OH is 1. The fourth-order valence-corrected chi connectivity index (χ4v) is 1.30. The molecule has 1 heterocycles. The van der Waals surface area contributed by atoms with Gasteiger partial charge in [-0.15, -0.1) is 0 Å².